The van der Waals surface area contributed by atoms with Crippen molar-refractivity contribution in [3.05, 3.63) is 60.3 Å². The molecule has 8 heteroatoms. The summed E-state index contributed by atoms with van der Waals surface area (Å²) >= 11 is 0. The van der Waals surface area contributed by atoms with Gasteiger partial charge in [0, 0.05) is 18.3 Å². The topological polar surface area (TPSA) is 62.7 Å². The second kappa shape index (κ2) is 8.24. The van der Waals surface area contributed by atoms with Gasteiger partial charge >= 0.3 is 6.18 Å². The van der Waals surface area contributed by atoms with Crippen molar-refractivity contribution >= 4 is 17.5 Å². The summed E-state index contributed by atoms with van der Waals surface area (Å²) in [5.41, 5.74) is 0.275. The van der Waals surface area contributed by atoms with Crippen LogP contribution < -0.4 is 10.6 Å². The summed E-state index contributed by atoms with van der Waals surface area (Å²) in [5, 5.41) is 5.94. The lowest BCUT2D eigenvalue weighted by atomic mass is 10.1. The number of halogens is 3. The number of alkyl halides is 3. The van der Waals surface area contributed by atoms with Gasteiger partial charge in [-0.1, -0.05) is 25.1 Å². The fourth-order valence-corrected chi connectivity index (χ4v) is 2.52. The van der Waals surface area contributed by atoms with Crippen LogP contribution in [0.1, 0.15) is 25.8 Å². The van der Waals surface area contributed by atoms with Crippen LogP contribution >= 0.6 is 0 Å². The highest BCUT2D eigenvalue weighted by atomic mass is 19.4. The quantitative estimate of drug-likeness (QED) is 0.584. The van der Waals surface area contributed by atoms with Crippen LogP contribution in [-0.4, -0.2) is 21.0 Å². The van der Waals surface area contributed by atoms with Crippen LogP contribution in [0.3, 0.4) is 0 Å². The summed E-state index contributed by atoms with van der Waals surface area (Å²) in [7, 11) is 0. The van der Waals surface area contributed by atoms with Crippen LogP contribution in [0.25, 0.3) is 11.4 Å². The first-order chi connectivity index (χ1) is 13.4. The molecule has 0 bridgehead atoms. The van der Waals surface area contributed by atoms with E-state index in [0.717, 1.165) is 12.5 Å². The minimum atomic E-state index is -4.47. The first kappa shape index (κ1) is 19.6. The lowest BCUT2D eigenvalue weighted by Crippen LogP contribution is -2.16. The summed E-state index contributed by atoms with van der Waals surface area (Å²) in [6.07, 6.45) is -2.00. The van der Waals surface area contributed by atoms with Crippen LogP contribution in [0, 0.1) is 0 Å². The number of rotatable bonds is 6. The predicted octanol–water partition coefficient (Wildman–Crippen LogP) is 5.51. The van der Waals surface area contributed by atoms with E-state index in [1.165, 1.54) is 18.2 Å². The van der Waals surface area contributed by atoms with Crippen molar-refractivity contribution in [2.45, 2.75) is 32.5 Å². The highest BCUT2D eigenvalue weighted by Gasteiger charge is 2.33. The van der Waals surface area contributed by atoms with Crippen molar-refractivity contribution in [3.8, 4) is 11.4 Å². The number of aromatic nitrogens is 3. The maximum Gasteiger partial charge on any atom is 0.418 e. The second-order valence-corrected chi connectivity index (χ2v) is 6.30. The van der Waals surface area contributed by atoms with E-state index in [0.29, 0.717) is 17.3 Å². The SMILES string of the molecule is CC[C@@H](C)Nc1nc(Nc2ccccc2C(F)(F)F)cc(-c2ccccn2)n1. The number of benzene rings is 1. The van der Waals surface area contributed by atoms with Crippen LogP contribution in [0.2, 0.25) is 0 Å². The van der Waals surface area contributed by atoms with Crippen molar-refractivity contribution in [1.29, 1.82) is 0 Å². The molecule has 5 nitrogen and oxygen atoms in total. The van der Waals surface area contributed by atoms with Crippen LogP contribution in [0.4, 0.5) is 30.6 Å². The fourth-order valence-electron chi connectivity index (χ4n) is 2.52. The van der Waals surface area contributed by atoms with Gasteiger partial charge in [-0.2, -0.15) is 18.2 Å². The predicted molar refractivity (Wildman–Crippen MR) is 103 cm³/mol. The number of hydrogen-bond acceptors (Lipinski definition) is 5. The third-order valence-corrected chi connectivity index (χ3v) is 4.14. The molecule has 0 aliphatic heterocycles. The van der Waals surface area contributed by atoms with Crippen molar-refractivity contribution in [2.75, 3.05) is 10.6 Å². The molecule has 0 saturated heterocycles. The van der Waals surface area contributed by atoms with Crippen LogP contribution in [-0.2, 0) is 6.18 Å². The summed E-state index contributed by atoms with van der Waals surface area (Å²) < 4.78 is 39.9. The molecule has 1 aromatic carbocycles. The molecule has 146 valence electrons. The fraction of sp³-hybridized carbons (Fsp3) is 0.250. The Bertz CT molecular complexity index is 929. The molecule has 3 aromatic rings. The largest absolute Gasteiger partial charge is 0.418 e. The van der Waals surface area contributed by atoms with E-state index < -0.39 is 11.7 Å². The minimum Gasteiger partial charge on any atom is -0.352 e. The average molecular weight is 387 g/mol. The molecule has 2 heterocycles. The normalized spacial score (nSPS) is 12.5. The van der Waals surface area contributed by atoms with Crippen LogP contribution in [0.5, 0.6) is 0 Å². The highest BCUT2D eigenvalue weighted by molar-refractivity contribution is 5.67. The Labute approximate surface area is 161 Å². The molecule has 0 unspecified atom stereocenters. The molecule has 0 saturated carbocycles. The molecule has 0 radical (unpaired) electrons. The molecule has 0 amide bonds. The third kappa shape index (κ3) is 4.76. The number of nitrogens with one attached hydrogen (secondary N) is 2. The van der Waals surface area contributed by atoms with E-state index in [4.69, 9.17) is 0 Å². The zero-order chi connectivity index (χ0) is 20.1. The number of nitrogens with zero attached hydrogens (tertiary/aromatic N) is 3. The van der Waals surface area contributed by atoms with E-state index in [2.05, 4.69) is 25.6 Å². The number of anilines is 3. The van der Waals surface area contributed by atoms with E-state index in [9.17, 15) is 13.2 Å². The van der Waals surface area contributed by atoms with Gasteiger partial charge in [-0.3, -0.25) is 4.98 Å². The van der Waals surface area contributed by atoms with Gasteiger partial charge in [-0.15, -0.1) is 0 Å². The number of pyridine rings is 1. The van der Waals surface area contributed by atoms with E-state index in [1.54, 1.807) is 24.4 Å². The van der Waals surface area contributed by atoms with Crippen LogP contribution in [0.15, 0.2) is 54.7 Å². The van der Waals surface area contributed by atoms with Gasteiger partial charge < -0.3 is 10.6 Å². The van der Waals surface area contributed by atoms with Gasteiger partial charge in [0.25, 0.3) is 0 Å². The molecule has 1 atom stereocenters. The molecule has 3 rings (SSSR count). The lowest BCUT2D eigenvalue weighted by Gasteiger charge is -2.16. The standard InChI is InChI=1S/C20H20F3N5/c1-3-13(2)25-19-27-17(16-10-6-7-11-24-16)12-18(28-19)26-15-9-5-4-8-14(15)20(21,22)23/h4-13H,3H2,1-2H3,(H2,25,26,27,28)/t13-/m1/s1. The van der Waals surface area contributed by atoms with Gasteiger partial charge in [0.2, 0.25) is 5.95 Å². The van der Waals surface area contributed by atoms with E-state index in [-0.39, 0.29) is 17.5 Å². The Morgan fingerprint density at radius 1 is 1.00 bits per heavy atom. The van der Waals surface area contributed by atoms with Gasteiger partial charge in [0.15, 0.2) is 0 Å². The number of para-hydroxylation sites is 1. The molecular weight excluding hydrogens is 367 g/mol. The average Bonchev–Trinajstić information content (AvgIpc) is 2.68. The molecule has 0 aliphatic rings. The van der Waals surface area contributed by atoms with Gasteiger partial charge in [-0.05, 0) is 37.6 Å². The number of hydrogen-bond donors (Lipinski definition) is 2. The second-order valence-electron chi connectivity index (χ2n) is 6.30. The summed E-state index contributed by atoms with van der Waals surface area (Å²) in [6, 6.07) is 12.4. The summed E-state index contributed by atoms with van der Waals surface area (Å²) in [4.78, 5) is 13.1. The van der Waals surface area contributed by atoms with Crippen molar-refractivity contribution in [3.63, 3.8) is 0 Å². The van der Waals surface area contributed by atoms with Gasteiger partial charge in [0.05, 0.1) is 22.6 Å². The zero-order valence-corrected chi connectivity index (χ0v) is 15.5. The molecule has 0 fully saturated rings. The van der Waals surface area contributed by atoms with Gasteiger partial charge in [0.1, 0.15) is 5.82 Å². The Morgan fingerprint density at radius 2 is 1.75 bits per heavy atom. The van der Waals surface area contributed by atoms with E-state index >= 15 is 0 Å². The Morgan fingerprint density at radius 3 is 2.43 bits per heavy atom. The monoisotopic (exact) mass is 387 g/mol. The third-order valence-electron chi connectivity index (χ3n) is 4.14. The lowest BCUT2D eigenvalue weighted by molar-refractivity contribution is -0.136. The molecule has 2 N–H and O–H groups in total. The smallest absolute Gasteiger partial charge is 0.352 e. The molecule has 0 spiro atoms. The molecule has 2 aromatic heterocycles. The van der Waals surface area contributed by atoms with E-state index in [1.807, 2.05) is 19.9 Å². The first-order valence-corrected chi connectivity index (χ1v) is 8.87. The summed E-state index contributed by atoms with van der Waals surface area (Å²) in [5.74, 6) is 0.572. The van der Waals surface area contributed by atoms with Gasteiger partial charge in [-0.25, -0.2) is 4.98 Å². The molecule has 0 aliphatic carbocycles. The van der Waals surface area contributed by atoms with Crippen molar-refractivity contribution in [1.82, 2.24) is 15.0 Å². The molecular formula is C20H20F3N5. The first-order valence-electron chi connectivity index (χ1n) is 8.87. The maximum atomic E-state index is 13.3. The Kier molecular flexibility index (Phi) is 5.77. The zero-order valence-electron chi connectivity index (χ0n) is 15.5. The minimum absolute atomic E-state index is 0.0739. The Hall–Kier alpha value is -3.16. The maximum absolute atomic E-state index is 13.3. The Balaban J connectivity index is 2.02. The molecule has 28 heavy (non-hydrogen) atoms. The van der Waals surface area contributed by atoms with Crippen molar-refractivity contribution < 1.29 is 13.2 Å². The summed E-state index contributed by atoms with van der Waals surface area (Å²) in [6.45, 7) is 3.99. The van der Waals surface area contributed by atoms with Crippen molar-refractivity contribution in [2.24, 2.45) is 0 Å². The highest BCUT2D eigenvalue weighted by Crippen LogP contribution is 2.36.